The largest absolute Gasteiger partial charge is 0.478 e. The van der Waals surface area contributed by atoms with Crippen molar-refractivity contribution in [3.63, 3.8) is 0 Å². The van der Waals surface area contributed by atoms with E-state index in [4.69, 9.17) is 15.9 Å². The van der Waals surface area contributed by atoms with Crippen LogP contribution in [0.25, 0.3) is 0 Å². The first-order chi connectivity index (χ1) is 7.40. The Balaban J connectivity index is 0.00000256. The van der Waals surface area contributed by atoms with Crippen molar-refractivity contribution in [1.29, 1.82) is 0 Å². The number of anilines is 1. The molecular formula is C9H8N2NaO4S. The molecule has 1 radical (unpaired) electrons. The fourth-order valence-electron chi connectivity index (χ4n) is 1.09. The minimum atomic E-state index is -1.23. The summed E-state index contributed by atoms with van der Waals surface area (Å²) < 4.78 is 0. The van der Waals surface area contributed by atoms with Gasteiger partial charge in [0.1, 0.15) is 0 Å². The molecule has 0 aromatic heterocycles. The Morgan fingerprint density at radius 1 is 1.12 bits per heavy atom. The smallest absolute Gasteiger partial charge is 0.335 e. The Labute approximate surface area is 124 Å². The normalized spacial score (nSPS) is 8.94. The van der Waals surface area contributed by atoms with Gasteiger partial charge in [-0.2, -0.15) is 0 Å². The van der Waals surface area contributed by atoms with Crippen molar-refractivity contribution < 1.29 is 19.8 Å². The van der Waals surface area contributed by atoms with Crippen molar-refractivity contribution in [2.45, 2.75) is 0 Å². The van der Waals surface area contributed by atoms with Crippen LogP contribution >= 0.6 is 12.2 Å². The molecule has 0 saturated heterocycles. The predicted octanol–water partition coefficient (Wildman–Crippen LogP) is 0.358. The summed E-state index contributed by atoms with van der Waals surface area (Å²) in [7, 11) is 0. The average Bonchev–Trinajstić information content (AvgIpc) is 2.15. The third-order valence-electron chi connectivity index (χ3n) is 1.69. The van der Waals surface area contributed by atoms with Gasteiger partial charge in [0.15, 0.2) is 5.11 Å². The summed E-state index contributed by atoms with van der Waals surface area (Å²) in [6.07, 6.45) is 0. The summed E-state index contributed by atoms with van der Waals surface area (Å²) in [5.74, 6) is -2.46. The van der Waals surface area contributed by atoms with Crippen LogP contribution in [0.3, 0.4) is 0 Å². The molecule has 0 bridgehead atoms. The average molecular weight is 263 g/mol. The van der Waals surface area contributed by atoms with Crippen LogP contribution in [0.1, 0.15) is 20.7 Å². The zero-order valence-corrected chi connectivity index (χ0v) is 11.7. The first-order valence-electron chi connectivity index (χ1n) is 4.08. The molecule has 5 N–H and O–H groups in total. The minimum Gasteiger partial charge on any atom is -0.478 e. The molecule has 0 spiro atoms. The number of benzene rings is 1. The third kappa shape index (κ3) is 4.70. The van der Waals surface area contributed by atoms with E-state index in [1.807, 2.05) is 0 Å². The van der Waals surface area contributed by atoms with Crippen LogP contribution in [-0.2, 0) is 0 Å². The first kappa shape index (κ1) is 15.9. The number of aromatic carboxylic acids is 2. The van der Waals surface area contributed by atoms with E-state index in [0.717, 1.165) is 6.07 Å². The molecule has 0 heterocycles. The molecule has 0 fully saturated rings. The van der Waals surface area contributed by atoms with Gasteiger partial charge in [-0.15, -0.1) is 0 Å². The Bertz CT molecular complexity index is 446. The van der Waals surface area contributed by atoms with Gasteiger partial charge in [-0.1, -0.05) is 0 Å². The van der Waals surface area contributed by atoms with E-state index in [2.05, 4.69) is 17.5 Å². The van der Waals surface area contributed by atoms with Crippen LogP contribution in [0.15, 0.2) is 18.2 Å². The van der Waals surface area contributed by atoms with Crippen molar-refractivity contribution in [3.8, 4) is 0 Å². The van der Waals surface area contributed by atoms with Crippen LogP contribution in [0, 0.1) is 0 Å². The van der Waals surface area contributed by atoms with Crippen LogP contribution < -0.4 is 11.1 Å². The van der Waals surface area contributed by atoms with Crippen molar-refractivity contribution in [2.75, 3.05) is 5.32 Å². The van der Waals surface area contributed by atoms with Crippen molar-refractivity contribution in [1.82, 2.24) is 0 Å². The van der Waals surface area contributed by atoms with E-state index >= 15 is 0 Å². The van der Waals surface area contributed by atoms with Gasteiger partial charge in [-0.3, -0.25) is 0 Å². The summed E-state index contributed by atoms with van der Waals surface area (Å²) in [6, 6.07) is 3.54. The van der Waals surface area contributed by atoms with Gasteiger partial charge in [0, 0.05) is 35.2 Å². The van der Waals surface area contributed by atoms with Gasteiger partial charge < -0.3 is 21.3 Å². The van der Waals surface area contributed by atoms with E-state index in [0.29, 0.717) is 0 Å². The quantitative estimate of drug-likeness (QED) is 0.460. The maximum Gasteiger partial charge on any atom is 0.335 e. The molecule has 1 aromatic carbocycles. The van der Waals surface area contributed by atoms with E-state index in [1.54, 1.807) is 0 Å². The van der Waals surface area contributed by atoms with E-state index in [9.17, 15) is 9.59 Å². The molecule has 0 aliphatic carbocycles. The Morgan fingerprint density at radius 3 is 1.82 bits per heavy atom. The van der Waals surface area contributed by atoms with Gasteiger partial charge in [0.05, 0.1) is 11.1 Å². The first-order valence-corrected chi connectivity index (χ1v) is 4.49. The molecule has 0 atom stereocenters. The number of hydrogen-bond donors (Lipinski definition) is 4. The van der Waals surface area contributed by atoms with Gasteiger partial charge >= 0.3 is 11.9 Å². The fourth-order valence-corrected chi connectivity index (χ4v) is 1.21. The standard InChI is InChI=1S/C9H8N2O4S.Na/c10-9(16)11-6-2-4(7(12)13)1-5(3-6)8(14)15;/h1-3H,(H,12,13)(H,14,15)(H3,10,11,16);. The zero-order valence-electron chi connectivity index (χ0n) is 8.93. The van der Waals surface area contributed by atoms with Gasteiger partial charge in [0.25, 0.3) is 0 Å². The van der Waals surface area contributed by atoms with Crippen molar-refractivity contribution in [3.05, 3.63) is 29.3 Å². The topological polar surface area (TPSA) is 113 Å². The Hall–Kier alpha value is -1.15. The fraction of sp³-hybridized carbons (Fsp3) is 0. The second-order valence-electron chi connectivity index (χ2n) is 2.90. The molecule has 0 saturated carbocycles. The Morgan fingerprint density at radius 2 is 1.53 bits per heavy atom. The molecule has 1 aromatic rings. The van der Waals surface area contributed by atoms with Crippen LogP contribution in [0.5, 0.6) is 0 Å². The molecule has 85 valence electrons. The second-order valence-corrected chi connectivity index (χ2v) is 3.34. The molecule has 6 nitrogen and oxygen atoms in total. The second kappa shape index (κ2) is 6.55. The summed E-state index contributed by atoms with van der Waals surface area (Å²) in [5, 5.41) is 19.9. The molecule has 0 aliphatic rings. The number of carbonyl (C=O) groups is 2. The Kier molecular flexibility index (Phi) is 6.11. The maximum atomic E-state index is 10.7. The van der Waals surface area contributed by atoms with Crippen molar-refractivity contribution >= 4 is 64.5 Å². The summed E-state index contributed by atoms with van der Waals surface area (Å²) in [4.78, 5) is 21.5. The number of rotatable bonds is 3. The molecular weight excluding hydrogens is 255 g/mol. The third-order valence-corrected chi connectivity index (χ3v) is 1.80. The SMILES string of the molecule is NC(=S)Nc1cc(C(=O)O)cc(C(=O)O)c1.[Na]. The van der Waals surface area contributed by atoms with Crippen molar-refractivity contribution in [2.24, 2.45) is 5.73 Å². The number of carboxylic acid groups (broad SMARTS) is 2. The molecule has 17 heavy (non-hydrogen) atoms. The summed E-state index contributed by atoms with van der Waals surface area (Å²) in [6.45, 7) is 0. The minimum absolute atomic E-state index is 0. The molecule has 0 unspecified atom stereocenters. The number of thiocarbonyl (C=S) groups is 1. The van der Waals surface area contributed by atoms with E-state index < -0.39 is 11.9 Å². The van der Waals surface area contributed by atoms with Crippen LogP contribution in [-0.4, -0.2) is 56.8 Å². The van der Waals surface area contributed by atoms with Crippen LogP contribution in [0.4, 0.5) is 5.69 Å². The number of carboxylic acids is 2. The van der Waals surface area contributed by atoms with E-state index in [-0.39, 0.29) is 51.5 Å². The summed E-state index contributed by atoms with van der Waals surface area (Å²) >= 11 is 4.57. The molecule has 0 aliphatic heterocycles. The van der Waals surface area contributed by atoms with Gasteiger partial charge in [0.2, 0.25) is 0 Å². The molecule has 1 rings (SSSR count). The predicted molar refractivity (Wildman–Crippen MR) is 66.5 cm³/mol. The van der Waals surface area contributed by atoms with Gasteiger partial charge in [-0.05, 0) is 30.4 Å². The number of hydrogen-bond acceptors (Lipinski definition) is 3. The number of nitrogens with two attached hydrogens (primary N) is 1. The van der Waals surface area contributed by atoms with E-state index in [1.165, 1.54) is 12.1 Å². The van der Waals surface area contributed by atoms with Crippen LogP contribution in [0.2, 0.25) is 0 Å². The zero-order chi connectivity index (χ0) is 12.3. The monoisotopic (exact) mass is 263 g/mol. The van der Waals surface area contributed by atoms with Gasteiger partial charge in [-0.25, -0.2) is 9.59 Å². The molecule has 8 heteroatoms. The molecule has 0 amide bonds. The maximum absolute atomic E-state index is 10.7. The summed E-state index contributed by atoms with van der Waals surface area (Å²) in [5.41, 5.74) is 5.12. The number of nitrogens with one attached hydrogen (secondary N) is 1.